The first-order valence-corrected chi connectivity index (χ1v) is 7.76. The Morgan fingerprint density at radius 2 is 1.95 bits per heavy atom. The molecule has 0 heterocycles. The van der Waals surface area contributed by atoms with Crippen molar-refractivity contribution in [1.82, 2.24) is 0 Å². The van der Waals surface area contributed by atoms with Crippen LogP contribution >= 0.6 is 15.9 Å². The van der Waals surface area contributed by atoms with Crippen molar-refractivity contribution in [2.24, 2.45) is 5.73 Å². The van der Waals surface area contributed by atoms with E-state index >= 15 is 0 Å². The normalized spacial score (nSPS) is 12.8. The lowest BCUT2D eigenvalue weighted by Gasteiger charge is -2.32. The van der Waals surface area contributed by atoms with Crippen molar-refractivity contribution in [1.29, 1.82) is 0 Å². The summed E-state index contributed by atoms with van der Waals surface area (Å²) in [6.45, 7) is 7.18. The molecule has 1 aromatic carbocycles. The van der Waals surface area contributed by atoms with Crippen LogP contribution in [-0.4, -0.2) is 24.3 Å². The van der Waals surface area contributed by atoms with Gasteiger partial charge in [0.1, 0.15) is 0 Å². The molecule has 0 saturated carbocycles. The molecule has 0 fully saturated rings. The molecule has 0 aliphatic heterocycles. The fraction of sp³-hybridized carbons (Fsp3) is 0.600. The number of hydrogen-bond donors (Lipinski definition) is 2. The van der Waals surface area contributed by atoms with E-state index in [2.05, 4.69) is 52.9 Å². The Morgan fingerprint density at radius 3 is 2.37 bits per heavy atom. The summed E-state index contributed by atoms with van der Waals surface area (Å²) in [5, 5.41) is 9.28. The maximum Gasteiger partial charge on any atom is 0.0606 e. The summed E-state index contributed by atoms with van der Waals surface area (Å²) in [6, 6.07) is 6.74. The average Bonchev–Trinajstić information content (AvgIpc) is 2.38. The molecule has 0 spiro atoms. The Hall–Kier alpha value is -0.580. The van der Waals surface area contributed by atoms with Crippen LogP contribution in [-0.2, 0) is 0 Å². The Labute approximate surface area is 124 Å². The van der Waals surface area contributed by atoms with E-state index in [4.69, 9.17) is 5.73 Å². The van der Waals surface area contributed by atoms with Gasteiger partial charge in [-0.2, -0.15) is 0 Å². The van der Waals surface area contributed by atoms with E-state index in [9.17, 15) is 5.11 Å². The van der Waals surface area contributed by atoms with Crippen molar-refractivity contribution in [3.05, 3.63) is 28.2 Å². The van der Waals surface area contributed by atoms with Crippen molar-refractivity contribution < 1.29 is 5.11 Å². The molecule has 1 rings (SSSR count). The number of anilines is 1. The fourth-order valence-corrected chi connectivity index (χ4v) is 3.15. The Morgan fingerprint density at radius 1 is 1.32 bits per heavy atom. The van der Waals surface area contributed by atoms with Crippen LogP contribution in [0.15, 0.2) is 22.7 Å². The maximum absolute atomic E-state index is 9.28. The first-order chi connectivity index (χ1) is 9.04. The molecule has 3 nitrogen and oxygen atoms in total. The van der Waals surface area contributed by atoms with Crippen LogP contribution in [0.25, 0.3) is 0 Å². The van der Waals surface area contributed by atoms with Gasteiger partial charge in [-0.05, 0) is 37.5 Å². The van der Waals surface area contributed by atoms with Crippen LogP contribution in [0, 0.1) is 0 Å². The Balaban J connectivity index is 3.06. The minimum absolute atomic E-state index is 0.0165. The third kappa shape index (κ3) is 4.20. The third-order valence-corrected chi connectivity index (χ3v) is 4.22. The van der Waals surface area contributed by atoms with Crippen LogP contribution in [0.1, 0.15) is 45.2 Å². The highest BCUT2D eigenvalue weighted by Gasteiger charge is 2.16. The number of aliphatic hydroxyl groups excluding tert-OH is 1. The first-order valence-electron chi connectivity index (χ1n) is 6.97. The minimum atomic E-state index is 0.0165. The van der Waals surface area contributed by atoms with Crippen LogP contribution in [0.5, 0.6) is 0 Å². The second-order valence-electron chi connectivity index (χ2n) is 4.88. The van der Waals surface area contributed by atoms with Gasteiger partial charge in [-0.3, -0.25) is 0 Å². The van der Waals surface area contributed by atoms with Gasteiger partial charge in [0, 0.05) is 28.8 Å². The molecular formula is C15H25BrN2O. The van der Waals surface area contributed by atoms with Crippen molar-refractivity contribution in [3.63, 3.8) is 0 Å². The summed E-state index contributed by atoms with van der Waals surface area (Å²) in [5.41, 5.74) is 8.17. The van der Waals surface area contributed by atoms with E-state index < -0.39 is 0 Å². The molecule has 0 aliphatic carbocycles. The predicted molar refractivity (Wildman–Crippen MR) is 85.5 cm³/mol. The third-order valence-electron chi connectivity index (χ3n) is 3.53. The number of hydrogen-bond acceptors (Lipinski definition) is 3. The lowest BCUT2D eigenvalue weighted by Crippen LogP contribution is -2.36. The molecule has 19 heavy (non-hydrogen) atoms. The molecule has 0 saturated heterocycles. The number of nitrogens with two attached hydrogens (primary N) is 1. The van der Waals surface area contributed by atoms with Gasteiger partial charge < -0.3 is 15.7 Å². The molecule has 1 atom stereocenters. The van der Waals surface area contributed by atoms with Gasteiger partial charge in [-0.15, -0.1) is 0 Å². The highest BCUT2D eigenvalue weighted by molar-refractivity contribution is 9.10. The SMILES string of the molecule is CCC(CC)N(CCO)c1ccc([C@H](C)N)c(Br)c1. The van der Waals surface area contributed by atoms with Gasteiger partial charge in [0.15, 0.2) is 0 Å². The van der Waals surface area contributed by atoms with E-state index in [1.165, 1.54) is 0 Å². The summed E-state index contributed by atoms with van der Waals surface area (Å²) in [5.74, 6) is 0. The molecule has 0 aliphatic rings. The molecule has 0 bridgehead atoms. The minimum Gasteiger partial charge on any atom is -0.395 e. The van der Waals surface area contributed by atoms with Crippen LogP contribution in [0.4, 0.5) is 5.69 Å². The van der Waals surface area contributed by atoms with Crippen molar-refractivity contribution >= 4 is 21.6 Å². The molecule has 0 radical (unpaired) electrons. The summed E-state index contributed by atoms with van der Waals surface area (Å²) in [6.07, 6.45) is 2.15. The Kier molecular flexibility index (Phi) is 6.83. The van der Waals surface area contributed by atoms with Crippen LogP contribution in [0.3, 0.4) is 0 Å². The van der Waals surface area contributed by atoms with E-state index in [0.717, 1.165) is 28.6 Å². The zero-order valence-corrected chi connectivity index (χ0v) is 13.7. The molecule has 108 valence electrons. The fourth-order valence-electron chi connectivity index (χ4n) is 2.42. The number of nitrogens with zero attached hydrogens (tertiary/aromatic N) is 1. The average molecular weight is 329 g/mol. The largest absolute Gasteiger partial charge is 0.395 e. The molecule has 3 N–H and O–H groups in total. The number of aliphatic hydroxyl groups is 1. The van der Waals surface area contributed by atoms with Gasteiger partial charge in [0.2, 0.25) is 0 Å². The topological polar surface area (TPSA) is 49.5 Å². The van der Waals surface area contributed by atoms with Crippen molar-refractivity contribution in [2.75, 3.05) is 18.1 Å². The zero-order chi connectivity index (χ0) is 14.4. The lowest BCUT2D eigenvalue weighted by molar-refractivity contribution is 0.296. The monoisotopic (exact) mass is 328 g/mol. The van der Waals surface area contributed by atoms with Crippen molar-refractivity contribution in [2.45, 2.75) is 45.7 Å². The van der Waals surface area contributed by atoms with E-state index in [1.54, 1.807) is 0 Å². The number of halogens is 1. The molecular weight excluding hydrogens is 304 g/mol. The number of benzene rings is 1. The lowest BCUT2D eigenvalue weighted by atomic mass is 10.1. The van der Waals surface area contributed by atoms with Gasteiger partial charge in [-0.25, -0.2) is 0 Å². The number of rotatable bonds is 7. The smallest absolute Gasteiger partial charge is 0.0606 e. The molecule has 4 heteroatoms. The van der Waals surface area contributed by atoms with E-state index in [0.29, 0.717) is 12.6 Å². The second kappa shape index (κ2) is 7.88. The maximum atomic E-state index is 9.28. The molecule has 0 amide bonds. The quantitative estimate of drug-likeness (QED) is 0.805. The summed E-state index contributed by atoms with van der Waals surface area (Å²) < 4.78 is 1.04. The van der Waals surface area contributed by atoms with Gasteiger partial charge >= 0.3 is 0 Å². The first kappa shape index (κ1) is 16.5. The van der Waals surface area contributed by atoms with Crippen LogP contribution < -0.4 is 10.6 Å². The molecule has 1 aromatic rings. The molecule has 0 aromatic heterocycles. The summed E-state index contributed by atoms with van der Waals surface area (Å²) in [7, 11) is 0. The van der Waals surface area contributed by atoms with Crippen LogP contribution in [0.2, 0.25) is 0 Å². The standard InChI is InChI=1S/C15H25BrN2O/c1-4-12(5-2)18(8-9-19)13-6-7-14(11(3)17)15(16)10-13/h6-7,10-12,19H,4-5,8-9,17H2,1-3H3/t11-/m0/s1. The predicted octanol–water partition coefficient (Wildman–Crippen LogP) is 3.46. The van der Waals surface area contributed by atoms with Gasteiger partial charge in [0.25, 0.3) is 0 Å². The van der Waals surface area contributed by atoms with Crippen molar-refractivity contribution in [3.8, 4) is 0 Å². The van der Waals surface area contributed by atoms with Gasteiger partial charge in [0.05, 0.1) is 6.61 Å². The highest BCUT2D eigenvalue weighted by atomic mass is 79.9. The summed E-state index contributed by atoms with van der Waals surface area (Å²) in [4.78, 5) is 2.27. The van der Waals surface area contributed by atoms with E-state index in [-0.39, 0.29) is 12.6 Å². The zero-order valence-electron chi connectivity index (χ0n) is 12.1. The Bertz CT molecular complexity index is 392. The highest BCUT2D eigenvalue weighted by Crippen LogP contribution is 2.29. The molecule has 0 unspecified atom stereocenters. The summed E-state index contributed by atoms with van der Waals surface area (Å²) >= 11 is 3.59. The van der Waals surface area contributed by atoms with E-state index in [1.807, 2.05) is 6.92 Å². The second-order valence-corrected chi connectivity index (χ2v) is 5.74. The van der Waals surface area contributed by atoms with Gasteiger partial charge in [-0.1, -0.05) is 35.8 Å².